The van der Waals surface area contributed by atoms with Crippen molar-refractivity contribution in [3.05, 3.63) is 40.5 Å². The van der Waals surface area contributed by atoms with Crippen LogP contribution in [0.15, 0.2) is 34.9 Å². The topological polar surface area (TPSA) is 86.5 Å². The predicted molar refractivity (Wildman–Crippen MR) is 76.9 cm³/mol. The minimum Gasteiger partial charge on any atom is -0.453 e. The smallest absolute Gasteiger partial charge is 0.259 e. The number of rotatable bonds is 2. The molecule has 6 nitrogen and oxygen atoms in total. The van der Waals surface area contributed by atoms with Crippen molar-refractivity contribution in [1.82, 2.24) is 4.98 Å². The van der Waals surface area contributed by atoms with Gasteiger partial charge >= 0.3 is 0 Å². The lowest BCUT2D eigenvalue weighted by atomic mass is 10.2. The fourth-order valence-corrected chi connectivity index (χ4v) is 2.31. The van der Waals surface area contributed by atoms with Gasteiger partial charge in [-0.1, -0.05) is 15.9 Å². The fourth-order valence-electron chi connectivity index (χ4n) is 1.87. The van der Waals surface area contributed by atoms with Gasteiger partial charge in [-0.05, 0) is 24.3 Å². The molecule has 0 saturated heterocycles. The maximum absolute atomic E-state index is 12.2. The second-order valence-corrected chi connectivity index (χ2v) is 4.99. The number of ether oxygens (including phenoxy) is 2. The van der Waals surface area contributed by atoms with Crippen LogP contribution in [-0.2, 0) is 0 Å². The van der Waals surface area contributed by atoms with Gasteiger partial charge in [-0.3, -0.25) is 4.79 Å². The maximum Gasteiger partial charge on any atom is 0.259 e. The zero-order valence-electron chi connectivity index (χ0n) is 10.2. The quantitative estimate of drug-likeness (QED) is 0.879. The Labute approximate surface area is 123 Å². The van der Waals surface area contributed by atoms with Gasteiger partial charge in [0, 0.05) is 10.7 Å². The summed E-state index contributed by atoms with van der Waals surface area (Å²) in [6, 6.07) is 6.76. The molecule has 1 aromatic carbocycles. The highest BCUT2D eigenvalue weighted by molar-refractivity contribution is 9.10. The summed E-state index contributed by atoms with van der Waals surface area (Å²) in [5.41, 5.74) is 6.50. The number of nitrogens with two attached hydrogens (primary N) is 1. The van der Waals surface area contributed by atoms with Gasteiger partial charge in [0.2, 0.25) is 6.79 Å². The highest BCUT2D eigenvalue weighted by Gasteiger charge is 2.21. The molecule has 0 bridgehead atoms. The average molecular weight is 336 g/mol. The van der Waals surface area contributed by atoms with Gasteiger partial charge in [-0.15, -0.1) is 0 Å². The number of amides is 1. The van der Waals surface area contributed by atoms with Crippen molar-refractivity contribution in [2.45, 2.75) is 0 Å². The number of carbonyl (C=O) groups is 1. The van der Waals surface area contributed by atoms with Crippen LogP contribution in [0.2, 0.25) is 0 Å². The number of benzene rings is 1. The molecule has 1 aliphatic rings. The Morgan fingerprint density at radius 1 is 1.40 bits per heavy atom. The number of hydrogen-bond acceptors (Lipinski definition) is 5. The Balaban J connectivity index is 1.93. The van der Waals surface area contributed by atoms with Gasteiger partial charge in [-0.25, -0.2) is 4.98 Å². The molecule has 0 spiro atoms. The largest absolute Gasteiger partial charge is 0.453 e. The molecule has 1 amide bonds. The van der Waals surface area contributed by atoms with Crippen LogP contribution in [0, 0.1) is 0 Å². The third-order valence-electron chi connectivity index (χ3n) is 2.77. The lowest BCUT2D eigenvalue weighted by Gasteiger charge is -2.09. The number of nitrogens with zero attached hydrogens (tertiary/aromatic N) is 1. The molecule has 0 fully saturated rings. The summed E-state index contributed by atoms with van der Waals surface area (Å²) in [6.45, 7) is 0.129. The molecule has 2 aromatic rings. The summed E-state index contributed by atoms with van der Waals surface area (Å²) in [7, 11) is 0. The average Bonchev–Trinajstić information content (AvgIpc) is 2.87. The van der Waals surface area contributed by atoms with Crippen LogP contribution in [0.25, 0.3) is 0 Å². The molecule has 0 radical (unpaired) electrons. The Morgan fingerprint density at radius 3 is 3.05 bits per heavy atom. The highest BCUT2D eigenvalue weighted by atomic mass is 79.9. The molecule has 1 aliphatic heterocycles. The van der Waals surface area contributed by atoms with Crippen molar-refractivity contribution in [3.8, 4) is 11.5 Å². The van der Waals surface area contributed by atoms with Gasteiger partial charge in [0.1, 0.15) is 5.82 Å². The summed E-state index contributed by atoms with van der Waals surface area (Å²) in [5.74, 6) is 0.901. The highest BCUT2D eigenvalue weighted by Crippen LogP contribution is 2.41. The third-order valence-corrected chi connectivity index (χ3v) is 3.23. The van der Waals surface area contributed by atoms with E-state index < -0.39 is 0 Å². The number of nitrogens with one attached hydrogen (secondary N) is 1. The molecule has 102 valence electrons. The Morgan fingerprint density at radius 2 is 2.25 bits per heavy atom. The van der Waals surface area contributed by atoms with E-state index in [-0.39, 0.29) is 18.5 Å². The molecule has 2 heterocycles. The van der Waals surface area contributed by atoms with E-state index in [9.17, 15) is 4.79 Å². The lowest BCUT2D eigenvalue weighted by molar-refractivity contribution is 0.102. The first-order valence-corrected chi connectivity index (χ1v) is 6.55. The van der Waals surface area contributed by atoms with Crippen molar-refractivity contribution in [2.24, 2.45) is 0 Å². The molecule has 20 heavy (non-hydrogen) atoms. The predicted octanol–water partition coefficient (Wildman–Crippen LogP) is 2.41. The van der Waals surface area contributed by atoms with Gasteiger partial charge < -0.3 is 20.5 Å². The zero-order valence-corrected chi connectivity index (χ0v) is 11.8. The number of halogens is 1. The van der Waals surface area contributed by atoms with Crippen LogP contribution >= 0.6 is 15.9 Å². The molecule has 1 aromatic heterocycles. The monoisotopic (exact) mass is 335 g/mol. The number of pyridine rings is 1. The number of hydrogen-bond donors (Lipinski definition) is 2. The van der Waals surface area contributed by atoms with E-state index in [1.807, 2.05) is 0 Å². The lowest BCUT2D eigenvalue weighted by Crippen LogP contribution is -2.15. The number of anilines is 2. The molecule has 0 atom stereocenters. The van der Waals surface area contributed by atoms with E-state index in [0.717, 1.165) is 4.47 Å². The molecule has 7 heteroatoms. The summed E-state index contributed by atoms with van der Waals surface area (Å²) in [4.78, 5) is 16.1. The van der Waals surface area contributed by atoms with Crippen LogP contribution in [0.1, 0.15) is 10.4 Å². The second kappa shape index (κ2) is 5.01. The van der Waals surface area contributed by atoms with E-state index in [0.29, 0.717) is 22.7 Å². The Bertz CT molecular complexity index is 691. The number of aromatic nitrogens is 1. The van der Waals surface area contributed by atoms with Crippen molar-refractivity contribution >= 4 is 33.3 Å². The van der Waals surface area contributed by atoms with Crippen LogP contribution in [-0.4, -0.2) is 17.7 Å². The summed E-state index contributed by atoms with van der Waals surface area (Å²) in [6.07, 6.45) is 1.53. The van der Waals surface area contributed by atoms with E-state index in [4.69, 9.17) is 15.2 Å². The third kappa shape index (κ3) is 2.27. The SMILES string of the molecule is Nc1ncccc1C(=O)Nc1cc(Br)cc2c1OCO2. The Kier molecular flexibility index (Phi) is 3.19. The van der Waals surface area contributed by atoms with E-state index in [1.165, 1.54) is 6.20 Å². The zero-order chi connectivity index (χ0) is 14.1. The maximum atomic E-state index is 12.2. The van der Waals surface area contributed by atoms with E-state index in [1.54, 1.807) is 24.3 Å². The normalized spacial score (nSPS) is 12.2. The van der Waals surface area contributed by atoms with Crippen molar-refractivity contribution < 1.29 is 14.3 Å². The Hall–Kier alpha value is -2.28. The first-order valence-electron chi connectivity index (χ1n) is 5.76. The molecule has 0 aliphatic carbocycles. The fraction of sp³-hybridized carbons (Fsp3) is 0.0769. The van der Waals surface area contributed by atoms with Gasteiger partial charge in [0.25, 0.3) is 5.91 Å². The van der Waals surface area contributed by atoms with Gasteiger partial charge in [0.05, 0.1) is 11.3 Å². The molecule has 3 N–H and O–H groups in total. The van der Waals surface area contributed by atoms with Crippen molar-refractivity contribution in [3.63, 3.8) is 0 Å². The second-order valence-electron chi connectivity index (χ2n) is 4.08. The van der Waals surface area contributed by atoms with Crippen LogP contribution in [0.5, 0.6) is 11.5 Å². The molecule has 3 rings (SSSR count). The standard InChI is InChI=1S/C13H10BrN3O3/c14-7-4-9(11-10(5-7)19-6-20-11)17-13(18)8-2-1-3-16-12(8)15/h1-5H,6H2,(H2,15,16)(H,17,18). The number of nitrogen functional groups attached to an aromatic ring is 1. The van der Waals surface area contributed by atoms with Gasteiger partial charge in [-0.2, -0.15) is 0 Å². The summed E-state index contributed by atoms with van der Waals surface area (Å²) in [5, 5.41) is 2.75. The molecule has 0 saturated carbocycles. The minimum atomic E-state index is -0.355. The van der Waals surface area contributed by atoms with Gasteiger partial charge in [0.15, 0.2) is 11.5 Å². The van der Waals surface area contributed by atoms with E-state index in [2.05, 4.69) is 26.2 Å². The summed E-state index contributed by atoms with van der Waals surface area (Å²) >= 11 is 3.35. The molecule has 0 unspecified atom stereocenters. The summed E-state index contributed by atoms with van der Waals surface area (Å²) < 4.78 is 11.4. The van der Waals surface area contributed by atoms with Crippen molar-refractivity contribution in [2.75, 3.05) is 17.8 Å². The number of carbonyl (C=O) groups excluding carboxylic acids is 1. The molecular formula is C13H10BrN3O3. The van der Waals surface area contributed by atoms with Crippen LogP contribution in [0.4, 0.5) is 11.5 Å². The van der Waals surface area contributed by atoms with E-state index >= 15 is 0 Å². The van der Waals surface area contributed by atoms with Crippen molar-refractivity contribution in [1.29, 1.82) is 0 Å². The molecular weight excluding hydrogens is 326 g/mol. The minimum absolute atomic E-state index is 0.129. The number of fused-ring (bicyclic) bond motifs is 1. The van der Waals surface area contributed by atoms with Crippen LogP contribution in [0.3, 0.4) is 0 Å². The first kappa shape index (κ1) is 12.7. The first-order chi connectivity index (χ1) is 9.65. The van der Waals surface area contributed by atoms with Crippen LogP contribution < -0.4 is 20.5 Å².